The van der Waals surface area contributed by atoms with Crippen molar-refractivity contribution in [2.24, 2.45) is 5.92 Å². The number of benzene rings is 3. The summed E-state index contributed by atoms with van der Waals surface area (Å²) in [4.78, 5) is 0.188. The maximum atomic E-state index is 14.0. The van der Waals surface area contributed by atoms with Crippen LogP contribution in [-0.4, -0.2) is 30.9 Å². The van der Waals surface area contributed by atoms with E-state index in [1.54, 1.807) is 18.2 Å². The van der Waals surface area contributed by atoms with Gasteiger partial charge < -0.3 is 5.11 Å². The molecule has 0 bridgehead atoms. The van der Waals surface area contributed by atoms with Crippen LogP contribution in [0.1, 0.15) is 24.0 Å². The Morgan fingerprint density at radius 2 is 1.41 bits per heavy atom. The van der Waals surface area contributed by atoms with Gasteiger partial charge in [-0.05, 0) is 66.3 Å². The second kappa shape index (κ2) is 8.69. The van der Waals surface area contributed by atoms with E-state index in [2.05, 4.69) is 0 Å². The number of halogens is 3. The molecule has 3 aromatic carbocycles. The number of sulfonamides is 1. The Kier molecular flexibility index (Phi) is 6.11. The SMILES string of the molecule is O=S(=O)(c1ccccc1)N1CCC(C(O)(c2ccc(F)cc2)c2ccc(F)c(F)c2)CC1. The van der Waals surface area contributed by atoms with Crippen LogP contribution in [0.3, 0.4) is 0 Å². The highest BCUT2D eigenvalue weighted by atomic mass is 32.2. The summed E-state index contributed by atoms with van der Waals surface area (Å²) in [5, 5.41) is 11.8. The monoisotopic (exact) mass is 461 g/mol. The Hall–Kier alpha value is -2.68. The van der Waals surface area contributed by atoms with Gasteiger partial charge in [0, 0.05) is 13.1 Å². The van der Waals surface area contributed by atoms with Crippen LogP contribution in [0, 0.1) is 23.4 Å². The van der Waals surface area contributed by atoms with Gasteiger partial charge in [-0.2, -0.15) is 4.31 Å². The second-order valence-corrected chi connectivity index (χ2v) is 9.83. The summed E-state index contributed by atoms with van der Waals surface area (Å²) in [6.07, 6.45) is 0.553. The standard InChI is InChI=1S/C24H22F3NO3S/c25-20-9-6-17(7-10-20)24(29,19-8-11-22(26)23(27)16-19)18-12-14-28(15-13-18)32(30,31)21-4-2-1-3-5-21/h1-11,16,18,29H,12-15H2. The zero-order valence-corrected chi connectivity index (χ0v) is 17.9. The van der Waals surface area contributed by atoms with Crippen LogP contribution in [-0.2, 0) is 15.6 Å². The summed E-state index contributed by atoms with van der Waals surface area (Å²) in [5.74, 6) is -3.14. The fraction of sp³-hybridized carbons (Fsp3) is 0.250. The van der Waals surface area contributed by atoms with Crippen molar-refractivity contribution in [1.82, 2.24) is 4.31 Å². The molecule has 1 atom stereocenters. The normalized spacial score (nSPS) is 17.8. The van der Waals surface area contributed by atoms with Crippen molar-refractivity contribution in [3.05, 3.63) is 101 Å². The first kappa shape index (κ1) is 22.5. The molecule has 0 amide bonds. The Labute approximate surface area is 185 Å². The summed E-state index contributed by atoms with van der Waals surface area (Å²) in [6, 6.07) is 16.4. The van der Waals surface area contributed by atoms with Gasteiger partial charge in [0.05, 0.1) is 4.90 Å². The fourth-order valence-electron chi connectivity index (χ4n) is 4.33. The van der Waals surface area contributed by atoms with E-state index >= 15 is 0 Å². The molecule has 32 heavy (non-hydrogen) atoms. The molecule has 0 saturated carbocycles. The average molecular weight is 462 g/mol. The first-order chi connectivity index (χ1) is 15.2. The maximum absolute atomic E-state index is 14.0. The van der Waals surface area contributed by atoms with Crippen molar-refractivity contribution in [3.63, 3.8) is 0 Å². The molecule has 1 N–H and O–H groups in total. The van der Waals surface area contributed by atoms with Gasteiger partial charge in [-0.15, -0.1) is 0 Å². The van der Waals surface area contributed by atoms with Crippen molar-refractivity contribution in [2.75, 3.05) is 13.1 Å². The van der Waals surface area contributed by atoms with E-state index in [1.165, 1.54) is 46.8 Å². The Balaban J connectivity index is 1.66. The predicted molar refractivity (Wildman–Crippen MR) is 114 cm³/mol. The van der Waals surface area contributed by atoms with Crippen LogP contribution < -0.4 is 0 Å². The van der Waals surface area contributed by atoms with Gasteiger partial charge in [0.15, 0.2) is 11.6 Å². The maximum Gasteiger partial charge on any atom is 0.243 e. The topological polar surface area (TPSA) is 57.6 Å². The molecule has 168 valence electrons. The zero-order valence-electron chi connectivity index (χ0n) is 17.1. The molecule has 4 rings (SSSR count). The minimum absolute atomic E-state index is 0.132. The number of piperidine rings is 1. The van der Waals surface area contributed by atoms with Crippen LogP contribution in [0.25, 0.3) is 0 Å². The van der Waals surface area contributed by atoms with Crippen molar-refractivity contribution < 1.29 is 26.7 Å². The van der Waals surface area contributed by atoms with Gasteiger partial charge in [0.1, 0.15) is 11.4 Å². The lowest BCUT2D eigenvalue weighted by atomic mass is 9.72. The van der Waals surface area contributed by atoms with Crippen LogP contribution >= 0.6 is 0 Å². The van der Waals surface area contributed by atoms with Gasteiger partial charge in [0.25, 0.3) is 0 Å². The summed E-state index contributed by atoms with van der Waals surface area (Å²) in [7, 11) is -3.69. The third-order valence-electron chi connectivity index (χ3n) is 6.07. The highest BCUT2D eigenvalue weighted by Gasteiger charge is 2.43. The lowest BCUT2D eigenvalue weighted by molar-refractivity contribution is -0.00565. The third kappa shape index (κ3) is 4.05. The van der Waals surface area contributed by atoms with E-state index in [9.17, 15) is 26.7 Å². The van der Waals surface area contributed by atoms with Crippen LogP contribution in [0.5, 0.6) is 0 Å². The molecule has 1 aliphatic heterocycles. The quantitative estimate of drug-likeness (QED) is 0.611. The molecular weight excluding hydrogens is 439 g/mol. The van der Waals surface area contributed by atoms with E-state index in [-0.39, 0.29) is 36.4 Å². The Morgan fingerprint density at radius 1 is 0.812 bits per heavy atom. The van der Waals surface area contributed by atoms with Crippen LogP contribution in [0.15, 0.2) is 77.7 Å². The number of rotatable bonds is 5. The molecule has 0 spiro atoms. The molecule has 4 nitrogen and oxygen atoms in total. The smallest absolute Gasteiger partial charge is 0.243 e. The van der Waals surface area contributed by atoms with Crippen molar-refractivity contribution in [2.45, 2.75) is 23.3 Å². The van der Waals surface area contributed by atoms with E-state index in [0.717, 1.165) is 12.1 Å². The molecule has 8 heteroatoms. The van der Waals surface area contributed by atoms with Gasteiger partial charge in [0.2, 0.25) is 10.0 Å². The lowest BCUT2D eigenvalue weighted by Gasteiger charge is -2.42. The van der Waals surface area contributed by atoms with Gasteiger partial charge in [-0.25, -0.2) is 21.6 Å². The molecule has 0 aromatic heterocycles. The van der Waals surface area contributed by atoms with Crippen molar-refractivity contribution in [1.29, 1.82) is 0 Å². The Morgan fingerprint density at radius 3 is 2.00 bits per heavy atom. The number of nitrogens with zero attached hydrogens (tertiary/aromatic N) is 1. The van der Waals surface area contributed by atoms with E-state index in [4.69, 9.17) is 0 Å². The van der Waals surface area contributed by atoms with Gasteiger partial charge in [-0.1, -0.05) is 36.4 Å². The second-order valence-electron chi connectivity index (χ2n) is 7.89. The van der Waals surface area contributed by atoms with Crippen molar-refractivity contribution in [3.8, 4) is 0 Å². The molecular formula is C24H22F3NO3S. The highest BCUT2D eigenvalue weighted by Crippen LogP contribution is 2.43. The summed E-state index contributed by atoms with van der Waals surface area (Å²) in [5.41, 5.74) is -1.29. The molecule has 1 saturated heterocycles. The molecule has 1 fully saturated rings. The minimum atomic E-state index is -3.69. The van der Waals surface area contributed by atoms with Crippen LogP contribution in [0.2, 0.25) is 0 Å². The van der Waals surface area contributed by atoms with E-state index < -0.39 is 39.0 Å². The number of hydrogen-bond acceptors (Lipinski definition) is 3. The average Bonchev–Trinajstić information content (AvgIpc) is 2.81. The molecule has 1 heterocycles. The molecule has 1 aliphatic rings. The van der Waals surface area contributed by atoms with E-state index in [0.29, 0.717) is 5.56 Å². The van der Waals surface area contributed by atoms with Gasteiger partial charge >= 0.3 is 0 Å². The number of aliphatic hydroxyl groups is 1. The summed E-state index contributed by atoms with van der Waals surface area (Å²) in [6.45, 7) is 0.296. The molecule has 0 radical (unpaired) electrons. The molecule has 1 unspecified atom stereocenters. The van der Waals surface area contributed by atoms with Crippen LogP contribution in [0.4, 0.5) is 13.2 Å². The molecule has 0 aliphatic carbocycles. The zero-order chi connectivity index (χ0) is 22.9. The van der Waals surface area contributed by atoms with E-state index in [1.807, 2.05) is 0 Å². The Bertz CT molecular complexity index is 1190. The fourth-order valence-corrected chi connectivity index (χ4v) is 5.82. The minimum Gasteiger partial charge on any atom is -0.380 e. The van der Waals surface area contributed by atoms with Crippen molar-refractivity contribution >= 4 is 10.0 Å². The third-order valence-corrected chi connectivity index (χ3v) is 7.98. The number of hydrogen-bond donors (Lipinski definition) is 1. The first-order valence-corrected chi connectivity index (χ1v) is 11.7. The molecule has 3 aromatic rings. The van der Waals surface area contributed by atoms with Gasteiger partial charge in [-0.3, -0.25) is 0 Å². The largest absolute Gasteiger partial charge is 0.380 e. The lowest BCUT2D eigenvalue weighted by Crippen LogP contribution is -2.46. The summed E-state index contributed by atoms with van der Waals surface area (Å²) >= 11 is 0. The first-order valence-electron chi connectivity index (χ1n) is 10.2. The highest BCUT2D eigenvalue weighted by molar-refractivity contribution is 7.89. The predicted octanol–water partition coefficient (Wildman–Crippen LogP) is 4.44. The summed E-state index contributed by atoms with van der Waals surface area (Å²) < 4.78 is 68.3.